The zero-order valence-corrected chi connectivity index (χ0v) is 11.3. The van der Waals surface area contributed by atoms with Crippen molar-refractivity contribution < 1.29 is 4.39 Å². The first-order chi connectivity index (χ1) is 8.66. The lowest BCUT2D eigenvalue weighted by molar-refractivity contribution is 0.539. The minimum absolute atomic E-state index is 0.473. The Kier molecular flexibility index (Phi) is 5.43. The standard InChI is InChI=1S/C13H13FN2.C2H6/c1-9(2)10-4-3-5-11(6-10)12-7-15-13(14)16-8-12;1-2/h3-9H,1-2H3;1-2H3. The van der Waals surface area contributed by atoms with Crippen molar-refractivity contribution in [1.29, 1.82) is 0 Å². The Morgan fingerprint density at radius 2 is 1.61 bits per heavy atom. The van der Waals surface area contributed by atoms with E-state index in [1.807, 2.05) is 26.0 Å². The third kappa shape index (κ3) is 3.62. The zero-order valence-electron chi connectivity index (χ0n) is 11.3. The van der Waals surface area contributed by atoms with Crippen LogP contribution in [0.5, 0.6) is 0 Å². The smallest absolute Gasteiger partial charge is 0.210 e. The molecule has 0 aliphatic rings. The first-order valence-electron chi connectivity index (χ1n) is 6.24. The number of nitrogens with zero attached hydrogens (tertiary/aromatic N) is 2. The lowest BCUT2D eigenvalue weighted by atomic mass is 9.99. The Hall–Kier alpha value is -1.77. The van der Waals surface area contributed by atoms with E-state index in [1.54, 1.807) is 0 Å². The molecule has 0 aliphatic carbocycles. The fourth-order valence-corrected chi connectivity index (χ4v) is 1.54. The van der Waals surface area contributed by atoms with Gasteiger partial charge in [0.05, 0.1) is 0 Å². The van der Waals surface area contributed by atoms with Crippen LogP contribution in [0.4, 0.5) is 4.39 Å². The molecule has 3 heteroatoms. The van der Waals surface area contributed by atoms with E-state index in [1.165, 1.54) is 18.0 Å². The molecule has 0 bridgehead atoms. The quantitative estimate of drug-likeness (QED) is 0.732. The van der Waals surface area contributed by atoms with Crippen molar-refractivity contribution in [1.82, 2.24) is 9.97 Å². The molecule has 18 heavy (non-hydrogen) atoms. The third-order valence-corrected chi connectivity index (χ3v) is 2.51. The minimum Gasteiger partial charge on any atom is -0.210 e. The molecule has 0 saturated carbocycles. The second-order valence-corrected chi connectivity index (χ2v) is 4.02. The normalized spacial score (nSPS) is 9.89. The average Bonchev–Trinajstić information content (AvgIpc) is 2.42. The van der Waals surface area contributed by atoms with Gasteiger partial charge < -0.3 is 0 Å². The topological polar surface area (TPSA) is 25.8 Å². The van der Waals surface area contributed by atoms with E-state index in [9.17, 15) is 4.39 Å². The van der Waals surface area contributed by atoms with Crippen LogP contribution in [0.2, 0.25) is 0 Å². The van der Waals surface area contributed by atoms with E-state index in [2.05, 4.69) is 35.9 Å². The molecule has 2 rings (SSSR count). The monoisotopic (exact) mass is 246 g/mol. The lowest BCUT2D eigenvalue weighted by Crippen LogP contribution is -1.91. The van der Waals surface area contributed by atoms with Gasteiger partial charge >= 0.3 is 6.08 Å². The van der Waals surface area contributed by atoms with Crippen molar-refractivity contribution in [3.05, 3.63) is 48.3 Å². The predicted octanol–water partition coefficient (Wildman–Crippen LogP) is 4.43. The van der Waals surface area contributed by atoms with Crippen LogP contribution in [0.1, 0.15) is 39.2 Å². The van der Waals surface area contributed by atoms with Crippen molar-refractivity contribution in [2.24, 2.45) is 0 Å². The van der Waals surface area contributed by atoms with E-state index in [0.29, 0.717) is 5.92 Å². The van der Waals surface area contributed by atoms with E-state index < -0.39 is 6.08 Å². The van der Waals surface area contributed by atoms with Crippen LogP contribution in [0.25, 0.3) is 11.1 Å². The Labute approximate surface area is 108 Å². The van der Waals surface area contributed by atoms with Gasteiger partial charge in [0.2, 0.25) is 0 Å². The molecule has 0 unspecified atom stereocenters. The molecule has 0 N–H and O–H groups in total. The van der Waals surface area contributed by atoms with Crippen LogP contribution < -0.4 is 0 Å². The number of benzene rings is 1. The molecule has 0 spiro atoms. The van der Waals surface area contributed by atoms with Gasteiger partial charge in [-0.3, -0.25) is 0 Å². The summed E-state index contributed by atoms with van der Waals surface area (Å²) in [5, 5.41) is 0. The van der Waals surface area contributed by atoms with Crippen molar-refractivity contribution in [3.8, 4) is 11.1 Å². The number of hydrogen-bond donors (Lipinski definition) is 0. The van der Waals surface area contributed by atoms with Gasteiger partial charge in [-0.2, -0.15) is 4.39 Å². The molecule has 0 fully saturated rings. The fraction of sp³-hybridized carbons (Fsp3) is 0.333. The summed E-state index contributed by atoms with van der Waals surface area (Å²) >= 11 is 0. The molecule has 0 saturated heterocycles. The van der Waals surface area contributed by atoms with Crippen molar-refractivity contribution in [3.63, 3.8) is 0 Å². The first kappa shape index (κ1) is 14.3. The number of halogens is 1. The molecule has 0 amide bonds. The van der Waals surface area contributed by atoms with Gasteiger partial charge in [-0.15, -0.1) is 0 Å². The van der Waals surface area contributed by atoms with Crippen molar-refractivity contribution >= 4 is 0 Å². The highest BCUT2D eigenvalue weighted by molar-refractivity contribution is 5.62. The fourth-order valence-electron chi connectivity index (χ4n) is 1.54. The maximum Gasteiger partial charge on any atom is 0.308 e. The lowest BCUT2D eigenvalue weighted by Gasteiger charge is -2.07. The molecule has 0 atom stereocenters. The van der Waals surface area contributed by atoms with Crippen LogP contribution in [-0.2, 0) is 0 Å². The molecule has 1 aromatic carbocycles. The summed E-state index contributed by atoms with van der Waals surface area (Å²) in [6.07, 6.45) is 2.31. The van der Waals surface area contributed by atoms with Gasteiger partial charge in [-0.25, -0.2) is 9.97 Å². The number of hydrogen-bond acceptors (Lipinski definition) is 2. The van der Waals surface area contributed by atoms with E-state index in [0.717, 1.165) is 11.1 Å². The van der Waals surface area contributed by atoms with E-state index >= 15 is 0 Å². The SMILES string of the molecule is CC.CC(C)c1cccc(-c2cnc(F)nc2)c1. The highest BCUT2D eigenvalue weighted by Gasteiger charge is 2.03. The Morgan fingerprint density at radius 1 is 1.00 bits per heavy atom. The van der Waals surface area contributed by atoms with Gasteiger partial charge in [0.1, 0.15) is 0 Å². The van der Waals surface area contributed by atoms with Gasteiger partial charge in [0.15, 0.2) is 0 Å². The molecule has 2 aromatic rings. The van der Waals surface area contributed by atoms with Gasteiger partial charge in [-0.05, 0) is 17.0 Å². The molecule has 96 valence electrons. The van der Waals surface area contributed by atoms with Gasteiger partial charge in [0.25, 0.3) is 0 Å². The summed E-state index contributed by atoms with van der Waals surface area (Å²) in [5.74, 6) is 0.473. The van der Waals surface area contributed by atoms with Crippen molar-refractivity contribution in [2.45, 2.75) is 33.6 Å². The average molecular weight is 246 g/mol. The molecule has 0 aliphatic heterocycles. The maximum atomic E-state index is 12.6. The minimum atomic E-state index is -0.691. The summed E-state index contributed by atoms with van der Waals surface area (Å²) in [6, 6.07) is 8.14. The summed E-state index contributed by atoms with van der Waals surface area (Å²) in [5.41, 5.74) is 3.11. The Morgan fingerprint density at radius 3 is 2.17 bits per heavy atom. The van der Waals surface area contributed by atoms with Crippen LogP contribution >= 0.6 is 0 Å². The molecule has 1 aromatic heterocycles. The molecule has 1 heterocycles. The Bertz CT molecular complexity index is 478. The number of rotatable bonds is 2. The first-order valence-corrected chi connectivity index (χ1v) is 6.24. The number of aromatic nitrogens is 2. The van der Waals surface area contributed by atoms with Crippen LogP contribution in [0.3, 0.4) is 0 Å². The molecular weight excluding hydrogens is 227 g/mol. The zero-order chi connectivity index (χ0) is 13.5. The molecule has 2 nitrogen and oxygen atoms in total. The van der Waals surface area contributed by atoms with Gasteiger partial charge in [0, 0.05) is 18.0 Å². The second-order valence-electron chi connectivity index (χ2n) is 4.02. The van der Waals surface area contributed by atoms with Crippen LogP contribution in [0.15, 0.2) is 36.7 Å². The summed E-state index contributed by atoms with van der Waals surface area (Å²) in [4.78, 5) is 7.10. The predicted molar refractivity (Wildman–Crippen MR) is 72.9 cm³/mol. The molecular formula is C15H19FN2. The Balaban J connectivity index is 0.000000771. The summed E-state index contributed by atoms with van der Waals surface area (Å²) < 4.78 is 12.6. The second kappa shape index (κ2) is 6.84. The maximum absolute atomic E-state index is 12.6. The summed E-state index contributed by atoms with van der Waals surface area (Å²) in [6.45, 7) is 8.28. The van der Waals surface area contributed by atoms with Crippen LogP contribution in [-0.4, -0.2) is 9.97 Å². The molecule has 0 radical (unpaired) electrons. The summed E-state index contributed by atoms with van der Waals surface area (Å²) in [7, 11) is 0. The largest absolute Gasteiger partial charge is 0.308 e. The van der Waals surface area contributed by atoms with E-state index in [-0.39, 0.29) is 0 Å². The van der Waals surface area contributed by atoms with E-state index in [4.69, 9.17) is 0 Å². The van der Waals surface area contributed by atoms with Crippen molar-refractivity contribution in [2.75, 3.05) is 0 Å². The highest BCUT2D eigenvalue weighted by Crippen LogP contribution is 2.22. The van der Waals surface area contributed by atoms with Crippen LogP contribution in [0, 0.1) is 6.08 Å². The highest BCUT2D eigenvalue weighted by atomic mass is 19.1. The third-order valence-electron chi connectivity index (χ3n) is 2.51. The van der Waals surface area contributed by atoms with Gasteiger partial charge in [-0.1, -0.05) is 52.0 Å².